The van der Waals surface area contributed by atoms with Gasteiger partial charge in [0.25, 0.3) is 0 Å². The van der Waals surface area contributed by atoms with E-state index in [1.54, 1.807) is 6.07 Å². The van der Waals surface area contributed by atoms with E-state index in [-0.39, 0.29) is 23.8 Å². The number of aromatic amines is 1. The molecule has 0 aromatic carbocycles. The highest BCUT2D eigenvalue weighted by Crippen LogP contribution is 2.24. The first-order valence-electron chi connectivity index (χ1n) is 6.22. The minimum atomic E-state index is -0.309. The summed E-state index contributed by atoms with van der Waals surface area (Å²) in [6.07, 6.45) is 2.06. The third kappa shape index (κ3) is 2.93. The van der Waals surface area contributed by atoms with Crippen LogP contribution in [-0.2, 0) is 0 Å². The molecule has 1 atom stereocenters. The molecule has 2 aromatic heterocycles. The van der Waals surface area contributed by atoms with Gasteiger partial charge in [-0.05, 0) is 11.8 Å². The van der Waals surface area contributed by atoms with Crippen molar-refractivity contribution in [3.05, 3.63) is 22.9 Å². The maximum absolute atomic E-state index is 11.3. The highest BCUT2D eigenvalue weighted by atomic mass is 16.3. The molecule has 0 radical (unpaired) electrons. The van der Waals surface area contributed by atoms with Crippen LogP contribution < -0.4 is 11.0 Å². The Morgan fingerprint density at radius 3 is 2.89 bits per heavy atom. The van der Waals surface area contributed by atoms with Crippen molar-refractivity contribution >= 4 is 11.5 Å². The molecular weight excluding hydrogens is 246 g/mol. The third-order valence-electron chi connectivity index (χ3n) is 3.10. The lowest BCUT2D eigenvalue weighted by atomic mass is 9.85. The molecule has 7 nitrogen and oxygen atoms in total. The van der Waals surface area contributed by atoms with E-state index >= 15 is 0 Å². The number of aliphatic hydroxyl groups excluding tert-OH is 1. The van der Waals surface area contributed by atoms with Crippen molar-refractivity contribution in [2.75, 3.05) is 11.9 Å². The van der Waals surface area contributed by atoms with Crippen LogP contribution in [0.3, 0.4) is 0 Å². The number of fused-ring (bicyclic) bond motifs is 1. The van der Waals surface area contributed by atoms with Crippen LogP contribution in [0.25, 0.3) is 5.65 Å². The van der Waals surface area contributed by atoms with Gasteiger partial charge >= 0.3 is 5.69 Å². The Bertz CT molecular complexity index is 610. The molecule has 2 heterocycles. The number of H-pyrrole nitrogens is 1. The molecular formula is C12H19N5O2. The van der Waals surface area contributed by atoms with Crippen LogP contribution in [0.4, 0.5) is 5.82 Å². The summed E-state index contributed by atoms with van der Waals surface area (Å²) < 4.78 is 1.34. The minimum Gasteiger partial charge on any atom is -0.396 e. The highest BCUT2D eigenvalue weighted by Gasteiger charge is 2.24. The normalized spacial score (nSPS) is 13.7. The van der Waals surface area contributed by atoms with Gasteiger partial charge in [-0.25, -0.2) is 19.3 Å². The Labute approximate surface area is 110 Å². The van der Waals surface area contributed by atoms with Crippen molar-refractivity contribution in [1.82, 2.24) is 19.6 Å². The van der Waals surface area contributed by atoms with Gasteiger partial charge in [-0.1, -0.05) is 20.8 Å². The van der Waals surface area contributed by atoms with Crippen molar-refractivity contribution in [3.63, 3.8) is 0 Å². The van der Waals surface area contributed by atoms with Crippen molar-refractivity contribution < 1.29 is 5.11 Å². The molecule has 7 heteroatoms. The van der Waals surface area contributed by atoms with Gasteiger partial charge in [0.1, 0.15) is 12.1 Å². The second-order valence-corrected chi connectivity index (χ2v) is 5.61. The Kier molecular flexibility index (Phi) is 3.57. The van der Waals surface area contributed by atoms with Crippen LogP contribution in [0, 0.1) is 5.41 Å². The van der Waals surface area contributed by atoms with Gasteiger partial charge in [-0.15, -0.1) is 0 Å². The highest BCUT2D eigenvalue weighted by molar-refractivity contribution is 5.48. The molecule has 0 saturated heterocycles. The average molecular weight is 265 g/mol. The van der Waals surface area contributed by atoms with Gasteiger partial charge in [0.05, 0.1) is 0 Å². The van der Waals surface area contributed by atoms with Crippen LogP contribution in [0.2, 0.25) is 0 Å². The van der Waals surface area contributed by atoms with E-state index < -0.39 is 0 Å². The lowest BCUT2D eigenvalue weighted by molar-refractivity contribution is 0.235. The van der Waals surface area contributed by atoms with Crippen LogP contribution in [-0.4, -0.2) is 37.3 Å². The van der Waals surface area contributed by atoms with Crippen molar-refractivity contribution in [3.8, 4) is 0 Å². The molecule has 0 fully saturated rings. The lowest BCUT2D eigenvalue weighted by Gasteiger charge is -2.31. The number of nitrogens with one attached hydrogen (secondary N) is 2. The van der Waals surface area contributed by atoms with Gasteiger partial charge in [-0.3, -0.25) is 0 Å². The quantitative estimate of drug-likeness (QED) is 0.753. The molecule has 104 valence electrons. The fraction of sp³-hybridized carbons (Fsp3) is 0.583. The molecule has 0 aliphatic heterocycles. The first-order valence-corrected chi connectivity index (χ1v) is 6.22. The zero-order valence-electron chi connectivity index (χ0n) is 11.3. The lowest BCUT2D eigenvalue weighted by Crippen LogP contribution is -2.35. The van der Waals surface area contributed by atoms with Crippen LogP contribution >= 0.6 is 0 Å². The molecule has 1 unspecified atom stereocenters. The number of hydrogen-bond acceptors (Lipinski definition) is 5. The van der Waals surface area contributed by atoms with E-state index in [1.165, 1.54) is 10.7 Å². The zero-order chi connectivity index (χ0) is 14.0. The number of rotatable bonds is 4. The molecule has 0 aliphatic rings. The van der Waals surface area contributed by atoms with E-state index in [1.807, 2.05) is 0 Å². The van der Waals surface area contributed by atoms with E-state index in [0.717, 1.165) is 0 Å². The van der Waals surface area contributed by atoms with E-state index in [2.05, 4.69) is 41.3 Å². The van der Waals surface area contributed by atoms with Crippen molar-refractivity contribution in [1.29, 1.82) is 0 Å². The molecule has 3 N–H and O–H groups in total. The van der Waals surface area contributed by atoms with Gasteiger partial charge in [0, 0.05) is 18.7 Å². The Morgan fingerprint density at radius 1 is 1.53 bits per heavy atom. The molecule has 2 rings (SSSR count). The summed E-state index contributed by atoms with van der Waals surface area (Å²) in [6, 6.07) is 1.78. The number of aromatic nitrogens is 4. The Balaban J connectivity index is 2.26. The van der Waals surface area contributed by atoms with E-state index in [4.69, 9.17) is 5.11 Å². The molecule has 0 amide bonds. The minimum absolute atomic E-state index is 0.0121. The molecule has 2 aromatic rings. The standard InChI is InChI=1S/C12H19N5O2/c1-12(2,3)8(4-5-18)14-9-6-10-15-16-11(19)17(10)7-13-9/h6-8,14,18H,4-5H2,1-3H3,(H,16,19). The summed E-state index contributed by atoms with van der Waals surface area (Å²) in [6.45, 7) is 6.40. The third-order valence-corrected chi connectivity index (χ3v) is 3.10. The second-order valence-electron chi connectivity index (χ2n) is 5.61. The molecule has 0 saturated carbocycles. The summed E-state index contributed by atoms with van der Waals surface area (Å²) in [7, 11) is 0. The number of anilines is 1. The van der Waals surface area contributed by atoms with Crippen molar-refractivity contribution in [2.45, 2.75) is 33.2 Å². The monoisotopic (exact) mass is 265 g/mol. The SMILES string of the molecule is CC(C)(C)C(CCO)Nc1cc2n[nH]c(=O)n2cn1. The summed E-state index contributed by atoms with van der Waals surface area (Å²) in [5.74, 6) is 0.639. The number of nitrogens with zero attached hydrogens (tertiary/aromatic N) is 3. The maximum atomic E-state index is 11.3. The van der Waals surface area contributed by atoms with Gasteiger partial charge in [0.2, 0.25) is 0 Å². The number of hydrogen-bond donors (Lipinski definition) is 3. The molecule has 19 heavy (non-hydrogen) atoms. The zero-order valence-corrected chi connectivity index (χ0v) is 11.3. The summed E-state index contributed by atoms with van der Waals surface area (Å²) in [5, 5.41) is 18.7. The van der Waals surface area contributed by atoms with Gasteiger partial charge in [-0.2, -0.15) is 5.10 Å². The Morgan fingerprint density at radius 2 is 2.26 bits per heavy atom. The smallest absolute Gasteiger partial charge is 0.348 e. The van der Waals surface area contributed by atoms with Crippen molar-refractivity contribution in [2.24, 2.45) is 5.41 Å². The summed E-state index contributed by atoms with van der Waals surface area (Å²) in [5.41, 5.74) is 0.192. The average Bonchev–Trinajstić information content (AvgIpc) is 2.69. The first-order chi connectivity index (χ1) is 8.91. The van der Waals surface area contributed by atoms with Gasteiger partial charge < -0.3 is 10.4 Å². The fourth-order valence-electron chi connectivity index (χ4n) is 1.92. The van der Waals surface area contributed by atoms with Gasteiger partial charge in [0.15, 0.2) is 5.65 Å². The topological polar surface area (TPSA) is 95.3 Å². The van der Waals surface area contributed by atoms with Crippen LogP contribution in [0.5, 0.6) is 0 Å². The maximum Gasteiger partial charge on any atom is 0.348 e. The summed E-state index contributed by atoms with van der Waals surface area (Å²) >= 11 is 0. The fourth-order valence-corrected chi connectivity index (χ4v) is 1.92. The summed E-state index contributed by atoms with van der Waals surface area (Å²) in [4.78, 5) is 15.5. The molecule has 0 aliphatic carbocycles. The molecule has 0 bridgehead atoms. The number of aliphatic hydroxyl groups is 1. The second kappa shape index (κ2) is 5.00. The van der Waals surface area contributed by atoms with Crippen LogP contribution in [0.15, 0.2) is 17.2 Å². The first kappa shape index (κ1) is 13.5. The largest absolute Gasteiger partial charge is 0.396 e. The van der Waals surface area contributed by atoms with Crippen LogP contribution in [0.1, 0.15) is 27.2 Å². The predicted molar refractivity (Wildman–Crippen MR) is 72.2 cm³/mol. The molecule has 0 spiro atoms. The predicted octanol–water partition coefficient (Wildman–Crippen LogP) is 0.627. The van der Waals surface area contributed by atoms with E-state index in [9.17, 15) is 4.79 Å². The van der Waals surface area contributed by atoms with E-state index in [0.29, 0.717) is 17.9 Å². The Hall–Kier alpha value is -1.89.